The van der Waals surface area contributed by atoms with E-state index < -0.39 is 11.7 Å². The van der Waals surface area contributed by atoms with Gasteiger partial charge in [0.2, 0.25) is 0 Å². The van der Waals surface area contributed by atoms with Gasteiger partial charge in [-0.25, -0.2) is 4.39 Å². The van der Waals surface area contributed by atoms with Gasteiger partial charge in [-0.3, -0.25) is 4.79 Å². The number of hydrogen-bond acceptors (Lipinski definition) is 1. The predicted molar refractivity (Wildman–Crippen MR) is 78.2 cm³/mol. The molecule has 0 unspecified atom stereocenters. The Morgan fingerprint density at radius 3 is 2.74 bits per heavy atom. The first-order chi connectivity index (χ1) is 8.99. The number of carbonyl (C=O) groups is 1. The van der Waals surface area contributed by atoms with Crippen molar-refractivity contribution in [2.45, 2.75) is 6.92 Å². The summed E-state index contributed by atoms with van der Waals surface area (Å²) in [5, 5.41) is 2.57. The minimum absolute atomic E-state index is 0.0698. The maximum Gasteiger partial charge on any atom is 0.258 e. The second kappa shape index (κ2) is 5.72. The van der Waals surface area contributed by atoms with Gasteiger partial charge in [-0.2, -0.15) is 0 Å². The number of anilines is 1. The van der Waals surface area contributed by atoms with Crippen LogP contribution < -0.4 is 5.32 Å². The molecule has 0 aliphatic rings. The van der Waals surface area contributed by atoms with E-state index in [0.717, 1.165) is 10.0 Å². The summed E-state index contributed by atoms with van der Waals surface area (Å²) in [6.45, 7) is 1.90. The summed E-state index contributed by atoms with van der Waals surface area (Å²) in [6.07, 6.45) is 0. The van der Waals surface area contributed by atoms with Gasteiger partial charge in [0.1, 0.15) is 0 Å². The van der Waals surface area contributed by atoms with E-state index in [1.807, 2.05) is 13.0 Å². The molecule has 0 saturated heterocycles. The standard InChI is InChI=1S/C14H10BrClFNO/c1-8-7-9(5-6-11(8)15)18-14(19)10-3-2-4-12(16)13(10)17/h2-7H,1H3,(H,18,19). The number of aryl methyl sites for hydroxylation is 1. The SMILES string of the molecule is Cc1cc(NC(=O)c2cccc(Cl)c2F)ccc1Br. The molecule has 0 radical (unpaired) electrons. The normalized spacial score (nSPS) is 10.3. The summed E-state index contributed by atoms with van der Waals surface area (Å²) >= 11 is 9.02. The second-order valence-corrected chi connectivity index (χ2v) is 5.28. The first-order valence-electron chi connectivity index (χ1n) is 5.50. The molecule has 0 aromatic heterocycles. The van der Waals surface area contributed by atoms with Crippen molar-refractivity contribution in [1.29, 1.82) is 0 Å². The third-order valence-electron chi connectivity index (χ3n) is 2.61. The van der Waals surface area contributed by atoms with Crippen LogP contribution in [0.5, 0.6) is 0 Å². The van der Waals surface area contributed by atoms with Crippen molar-refractivity contribution in [3.8, 4) is 0 Å². The summed E-state index contributed by atoms with van der Waals surface area (Å²) in [4.78, 5) is 12.0. The van der Waals surface area contributed by atoms with Gasteiger partial charge in [-0.05, 0) is 42.8 Å². The van der Waals surface area contributed by atoms with E-state index in [1.165, 1.54) is 18.2 Å². The molecule has 0 saturated carbocycles. The van der Waals surface area contributed by atoms with Crippen LogP contribution in [0.25, 0.3) is 0 Å². The lowest BCUT2D eigenvalue weighted by molar-refractivity contribution is 0.102. The highest BCUT2D eigenvalue weighted by Crippen LogP contribution is 2.22. The predicted octanol–water partition coefficient (Wildman–Crippen LogP) is 4.80. The average molecular weight is 343 g/mol. The summed E-state index contributed by atoms with van der Waals surface area (Å²) in [5.41, 5.74) is 1.50. The van der Waals surface area contributed by atoms with Crippen molar-refractivity contribution in [2.75, 3.05) is 5.32 Å². The number of benzene rings is 2. The van der Waals surface area contributed by atoms with E-state index >= 15 is 0 Å². The number of halogens is 3. The van der Waals surface area contributed by atoms with Gasteiger partial charge < -0.3 is 5.32 Å². The topological polar surface area (TPSA) is 29.1 Å². The van der Waals surface area contributed by atoms with Crippen LogP contribution in [-0.2, 0) is 0 Å². The summed E-state index contributed by atoms with van der Waals surface area (Å²) in [5.74, 6) is -1.24. The minimum Gasteiger partial charge on any atom is -0.322 e. The fourth-order valence-electron chi connectivity index (χ4n) is 1.60. The number of carbonyl (C=O) groups excluding carboxylic acids is 1. The van der Waals surface area contributed by atoms with Crippen LogP contribution in [0.1, 0.15) is 15.9 Å². The zero-order valence-corrected chi connectivity index (χ0v) is 12.3. The Hall–Kier alpha value is -1.39. The monoisotopic (exact) mass is 341 g/mol. The molecular formula is C14H10BrClFNO. The average Bonchev–Trinajstić information content (AvgIpc) is 2.37. The third-order valence-corrected chi connectivity index (χ3v) is 3.79. The van der Waals surface area contributed by atoms with Crippen molar-refractivity contribution in [3.05, 3.63) is 62.8 Å². The van der Waals surface area contributed by atoms with Crippen LogP contribution in [0.2, 0.25) is 5.02 Å². The van der Waals surface area contributed by atoms with Crippen LogP contribution in [0.15, 0.2) is 40.9 Å². The highest BCUT2D eigenvalue weighted by Gasteiger charge is 2.14. The van der Waals surface area contributed by atoms with E-state index in [4.69, 9.17) is 11.6 Å². The zero-order chi connectivity index (χ0) is 14.0. The van der Waals surface area contributed by atoms with Gasteiger partial charge in [0, 0.05) is 10.2 Å². The van der Waals surface area contributed by atoms with Gasteiger partial charge in [-0.15, -0.1) is 0 Å². The fraction of sp³-hybridized carbons (Fsp3) is 0.0714. The van der Waals surface area contributed by atoms with Crippen molar-refractivity contribution in [2.24, 2.45) is 0 Å². The molecule has 19 heavy (non-hydrogen) atoms. The largest absolute Gasteiger partial charge is 0.322 e. The van der Waals surface area contributed by atoms with Crippen LogP contribution in [-0.4, -0.2) is 5.91 Å². The maximum absolute atomic E-state index is 13.7. The molecule has 5 heteroatoms. The molecule has 0 aliphatic heterocycles. The molecule has 0 aliphatic carbocycles. The quantitative estimate of drug-likeness (QED) is 0.834. The fourth-order valence-corrected chi connectivity index (χ4v) is 2.02. The lowest BCUT2D eigenvalue weighted by atomic mass is 10.1. The van der Waals surface area contributed by atoms with Gasteiger partial charge in [0.25, 0.3) is 5.91 Å². The summed E-state index contributed by atoms with van der Waals surface area (Å²) in [7, 11) is 0. The zero-order valence-electron chi connectivity index (χ0n) is 10.0. The van der Waals surface area contributed by atoms with E-state index in [2.05, 4.69) is 21.2 Å². The van der Waals surface area contributed by atoms with Crippen molar-refractivity contribution < 1.29 is 9.18 Å². The highest BCUT2D eigenvalue weighted by atomic mass is 79.9. The Balaban J connectivity index is 2.26. The van der Waals surface area contributed by atoms with Crippen LogP contribution in [0.4, 0.5) is 10.1 Å². The van der Waals surface area contributed by atoms with E-state index in [1.54, 1.807) is 12.1 Å². The Kier molecular flexibility index (Phi) is 4.22. The minimum atomic E-state index is -0.712. The van der Waals surface area contributed by atoms with Crippen molar-refractivity contribution >= 4 is 39.1 Å². The molecule has 0 fully saturated rings. The summed E-state index contributed by atoms with van der Waals surface area (Å²) in [6, 6.07) is 9.67. The molecule has 1 amide bonds. The Bertz CT molecular complexity index is 645. The van der Waals surface area contributed by atoms with E-state index in [0.29, 0.717) is 5.69 Å². The molecule has 2 rings (SSSR count). The smallest absolute Gasteiger partial charge is 0.258 e. The van der Waals surface area contributed by atoms with Crippen molar-refractivity contribution in [1.82, 2.24) is 0 Å². The Morgan fingerprint density at radius 1 is 1.32 bits per heavy atom. The Morgan fingerprint density at radius 2 is 2.05 bits per heavy atom. The molecular weight excluding hydrogens is 333 g/mol. The number of hydrogen-bond donors (Lipinski definition) is 1. The molecule has 1 N–H and O–H groups in total. The molecule has 2 nitrogen and oxygen atoms in total. The van der Waals surface area contributed by atoms with Crippen LogP contribution >= 0.6 is 27.5 Å². The maximum atomic E-state index is 13.7. The highest BCUT2D eigenvalue weighted by molar-refractivity contribution is 9.10. The third kappa shape index (κ3) is 3.14. The van der Waals surface area contributed by atoms with Gasteiger partial charge in [0.15, 0.2) is 5.82 Å². The molecule has 0 bridgehead atoms. The summed E-state index contributed by atoms with van der Waals surface area (Å²) < 4.78 is 14.6. The van der Waals surface area contributed by atoms with Gasteiger partial charge >= 0.3 is 0 Å². The molecule has 0 heterocycles. The first kappa shape index (κ1) is 14.0. The Labute approximate surface area is 123 Å². The van der Waals surface area contributed by atoms with Crippen molar-refractivity contribution in [3.63, 3.8) is 0 Å². The molecule has 2 aromatic rings. The molecule has 2 aromatic carbocycles. The number of nitrogens with one attached hydrogen (secondary N) is 1. The lowest BCUT2D eigenvalue weighted by Gasteiger charge is -2.08. The van der Waals surface area contributed by atoms with Crippen LogP contribution in [0.3, 0.4) is 0 Å². The molecule has 98 valence electrons. The number of amides is 1. The number of rotatable bonds is 2. The molecule has 0 atom stereocenters. The van der Waals surface area contributed by atoms with E-state index in [9.17, 15) is 9.18 Å². The van der Waals surface area contributed by atoms with Crippen LogP contribution in [0, 0.1) is 12.7 Å². The lowest BCUT2D eigenvalue weighted by Crippen LogP contribution is -2.14. The van der Waals surface area contributed by atoms with Gasteiger partial charge in [0.05, 0.1) is 10.6 Å². The first-order valence-corrected chi connectivity index (χ1v) is 6.67. The van der Waals surface area contributed by atoms with E-state index in [-0.39, 0.29) is 10.6 Å². The second-order valence-electron chi connectivity index (χ2n) is 4.02. The molecule has 0 spiro atoms. The van der Waals surface area contributed by atoms with Gasteiger partial charge in [-0.1, -0.05) is 33.6 Å².